The molecule has 2 rings (SSSR count). The highest BCUT2D eigenvalue weighted by Gasteiger charge is 2.14. The summed E-state index contributed by atoms with van der Waals surface area (Å²) < 4.78 is 21.3. The second-order valence-corrected chi connectivity index (χ2v) is 5.95. The number of nitrogens with one attached hydrogen (secondary N) is 2. The van der Waals surface area contributed by atoms with Crippen molar-refractivity contribution in [3.8, 4) is 23.0 Å². The van der Waals surface area contributed by atoms with Crippen LogP contribution in [0.3, 0.4) is 0 Å². The third-order valence-corrected chi connectivity index (χ3v) is 4.15. The molecule has 8 nitrogen and oxygen atoms in total. The largest absolute Gasteiger partial charge is 0.493 e. The van der Waals surface area contributed by atoms with Gasteiger partial charge in [-0.2, -0.15) is 0 Å². The van der Waals surface area contributed by atoms with Gasteiger partial charge >= 0.3 is 0 Å². The molecule has 0 unspecified atom stereocenters. The fourth-order valence-corrected chi connectivity index (χ4v) is 2.74. The molecule has 156 valence electrons. The Morgan fingerprint density at radius 3 is 2.31 bits per heavy atom. The van der Waals surface area contributed by atoms with Crippen LogP contribution in [0.5, 0.6) is 23.0 Å². The molecule has 0 saturated carbocycles. The fourth-order valence-electron chi connectivity index (χ4n) is 2.74. The van der Waals surface area contributed by atoms with Crippen molar-refractivity contribution in [2.24, 2.45) is 0 Å². The lowest BCUT2D eigenvalue weighted by Gasteiger charge is -2.13. The van der Waals surface area contributed by atoms with Gasteiger partial charge in [-0.3, -0.25) is 20.4 Å². The topological polar surface area (TPSA) is 95.1 Å². The summed E-state index contributed by atoms with van der Waals surface area (Å²) in [5.41, 5.74) is 5.98. The zero-order valence-electron chi connectivity index (χ0n) is 17.0. The lowest BCUT2D eigenvalue weighted by molar-refractivity contribution is -0.121. The third-order valence-electron chi connectivity index (χ3n) is 4.15. The van der Waals surface area contributed by atoms with E-state index in [9.17, 15) is 9.59 Å². The monoisotopic (exact) mass is 402 g/mol. The molecule has 8 heteroatoms. The minimum atomic E-state index is -0.460. The number of hydrogen-bond acceptors (Lipinski definition) is 6. The van der Waals surface area contributed by atoms with Crippen molar-refractivity contribution < 1.29 is 28.5 Å². The van der Waals surface area contributed by atoms with E-state index < -0.39 is 5.91 Å². The van der Waals surface area contributed by atoms with Crippen LogP contribution >= 0.6 is 0 Å². The Labute approximate surface area is 170 Å². The van der Waals surface area contributed by atoms with Crippen molar-refractivity contribution in [1.29, 1.82) is 0 Å². The molecular formula is C21H26N2O6. The van der Waals surface area contributed by atoms with Gasteiger partial charge in [0.25, 0.3) is 5.91 Å². The predicted octanol–water partition coefficient (Wildman–Crippen LogP) is 2.50. The average molecular weight is 402 g/mol. The molecule has 0 radical (unpaired) electrons. The standard InChI is InChI=1S/C21H26N2O6/c1-5-29-16-11-9-15(13-18(16)27-3)21(25)23-22-19(24)12-10-14-7-6-8-17(26-2)20(14)28-4/h6-9,11,13H,5,10,12H2,1-4H3,(H,22,24)(H,23,25). The summed E-state index contributed by atoms with van der Waals surface area (Å²) in [6, 6.07) is 10.3. The van der Waals surface area contributed by atoms with Crippen LogP contribution in [0.25, 0.3) is 0 Å². The smallest absolute Gasteiger partial charge is 0.269 e. The number of carbonyl (C=O) groups is 2. The van der Waals surface area contributed by atoms with E-state index in [1.165, 1.54) is 7.11 Å². The molecule has 29 heavy (non-hydrogen) atoms. The van der Waals surface area contributed by atoms with Gasteiger partial charge in [0.05, 0.1) is 27.9 Å². The predicted molar refractivity (Wildman–Crippen MR) is 108 cm³/mol. The number of carbonyl (C=O) groups excluding carboxylic acids is 2. The van der Waals surface area contributed by atoms with Gasteiger partial charge in [-0.05, 0) is 43.2 Å². The molecule has 2 aromatic carbocycles. The highest BCUT2D eigenvalue weighted by molar-refractivity contribution is 5.96. The molecule has 0 aliphatic heterocycles. The van der Waals surface area contributed by atoms with Gasteiger partial charge in [-0.15, -0.1) is 0 Å². The van der Waals surface area contributed by atoms with E-state index in [1.807, 2.05) is 19.1 Å². The first-order valence-corrected chi connectivity index (χ1v) is 9.13. The summed E-state index contributed by atoms with van der Waals surface area (Å²) in [5, 5.41) is 0. The van der Waals surface area contributed by atoms with Crippen molar-refractivity contribution in [3.05, 3.63) is 47.5 Å². The molecule has 0 atom stereocenters. The highest BCUT2D eigenvalue weighted by Crippen LogP contribution is 2.31. The molecule has 0 aliphatic carbocycles. The average Bonchev–Trinajstić information content (AvgIpc) is 2.75. The summed E-state index contributed by atoms with van der Waals surface area (Å²) in [6.45, 7) is 2.34. The van der Waals surface area contributed by atoms with E-state index in [0.717, 1.165) is 5.56 Å². The molecule has 2 aromatic rings. The summed E-state index contributed by atoms with van der Waals surface area (Å²) in [4.78, 5) is 24.4. The van der Waals surface area contributed by atoms with E-state index >= 15 is 0 Å². The van der Waals surface area contributed by atoms with Crippen LogP contribution in [-0.4, -0.2) is 39.8 Å². The Bertz CT molecular complexity index is 853. The molecule has 0 aliphatic rings. The Kier molecular flexibility index (Phi) is 8.14. The molecule has 0 bridgehead atoms. The summed E-state index contributed by atoms with van der Waals surface area (Å²) in [5.74, 6) is 1.38. The molecular weight excluding hydrogens is 376 g/mol. The Morgan fingerprint density at radius 1 is 0.897 bits per heavy atom. The van der Waals surface area contributed by atoms with Crippen LogP contribution < -0.4 is 29.8 Å². The van der Waals surface area contributed by atoms with E-state index in [2.05, 4.69) is 10.9 Å². The molecule has 0 heterocycles. The van der Waals surface area contributed by atoms with Crippen LogP contribution in [0.4, 0.5) is 0 Å². The lowest BCUT2D eigenvalue weighted by atomic mass is 10.1. The first kappa shape index (κ1) is 21.9. The number of methoxy groups -OCH3 is 3. The van der Waals surface area contributed by atoms with Crippen LogP contribution in [0.1, 0.15) is 29.3 Å². The van der Waals surface area contributed by atoms with Crippen LogP contribution in [0, 0.1) is 0 Å². The van der Waals surface area contributed by atoms with Crippen molar-refractivity contribution in [2.45, 2.75) is 19.8 Å². The summed E-state index contributed by atoms with van der Waals surface area (Å²) >= 11 is 0. The third kappa shape index (κ3) is 5.78. The SMILES string of the molecule is CCOc1ccc(C(=O)NNC(=O)CCc2cccc(OC)c2OC)cc1OC. The second kappa shape index (κ2) is 10.8. The molecule has 2 N–H and O–H groups in total. The Balaban J connectivity index is 1.92. The fraction of sp³-hybridized carbons (Fsp3) is 0.333. The Morgan fingerprint density at radius 2 is 1.66 bits per heavy atom. The minimum Gasteiger partial charge on any atom is -0.493 e. The van der Waals surface area contributed by atoms with Gasteiger partial charge in [-0.25, -0.2) is 0 Å². The summed E-state index contributed by atoms with van der Waals surface area (Å²) in [6.07, 6.45) is 0.593. The zero-order chi connectivity index (χ0) is 21.2. The zero-order valence-corrected chi connectivity index (χ0v) is 17.0. The first-order chi connectivity index (χ1) is 14.0. The van der Waals surface area contributed by atoms with Gasteiger partial charge in [0.15, 0.2) is 23.0 Å². The number of hydrazine groups is 1. The number of para-hydroxylation sites is 1. The van der Waals surface area contributed by atoms with Gasteiger partial charge in [-0.1, -0.05) is 12.1 Å². The van der Waals surface area contributed by atoms with E-state index in [1.54, 1.807) is 38.5 Å². The van der Waals surface area contributed by atoms with Crippen molar-refractivity contribution >= 4 is 11.8 Å². The van der Waals surface area contributed by atoms with Gasteiger partial charge < -0.3 is 18.9 Å². The van der Waals surface area contributed by atoms with Crippen LogP contribution in [0.15, 0.2) is 36.4 Å². The van der Waals surface area contributed by atoms with Crippen LogP contribution in [0.2, 0.25) is 0 Å². The molecule has 0 spiro atoms. The molecule has 2 amide bonds. The maximum atomic E-state index is 12.3. The number of aryl methyl sites for hydroxylation is 1. The van der Waals surface area contributed by atoms with E-state index in [4.69, 9.17) is 18.9 Å². The number of rotatable bonds is 9. The minimum absolute atomic E-state index is 0.163. The normalized spacial score (nSPS) is 10.1. The number of ether oxygens (including phenoxy) is 4. The Hall–Kier alpha value is -3.42. The molecule has 0 fully saturated rings. The quantitative estimate of drug-likeness (QED) is 0.626. The van der Waals surface area contributed by atoms with Crippen molar-refractivity contribution in [3.63, 3.8) is 0 Å². The highest BCUT2D eigenvalue weighted by atomic mass is 16.5. The maximum Gasteiger partial charge on any atom is 0.269 e. The number of amides is 2. The van der Waals surface area contributed by atoms with Crippen molar-refractivity contribution in [2.75, 3.05) is 27.9 Å². The van der Waals surface area contributed by atoms with Crippen LogP contribution in [-0.2, 0) is 11.2 Å². The molecule has 0 saturated heterocycles. The summed E-state index contributed by atoms with van der Waals surface area (Å²) in [7, 11) is 4.60. The maximum absolute atomic E-state index is 12.3. The lowest BCUT2D eigenvalue weighted by Crippen LogP contribution is -2.41. The molecule has 0 aromatic heterocycles. The van der Waals surface area contributed by atoms with E-state index in [-0.39, 0.29) is 12.3 Å². The number of hydrogen-bond donors (Lipinski definition) is 2. The number of benzene rings is 2. The second-order valence-electron chi connectivity index (χ2n) is 5.95. The van der Waals surface area contributed by atoms with Crippen molar-refractivity contribution in [1.82, 2.24) is 10.9 Å². The van der Waals surface area contributed by atoms with Gasteiger partial charge in [0.1, 0.15) is 0 Å². The van der Waals surface area contributed by atoms with Gasteiger partial charge in [0, 0.05) is 12.0 Å². The first-order valence-electron chi connectivity index (χ1n) is 9.13. The van der Waals surface area contributed by atoms with E-state index in [0.29, 0.717) is 41.6 Å². The van der Waals surface area contributed by atoms with Gasteiger partial charge in [0.2, 0.25) is 5.91 Å².